The largest absolute Gasteiger partial charge is 0.465 e. The number of benzene rings is 1. The molecule has 1 heterocycles. The van der Waals surface area contributed by atoms with Crippen LogP contribution < -0.4 is 10.6 Å². The smallest absolute Gasteiger partial charge is 0.342 e. The number of amides is 2. The zero-order valence-corrected chi connectivity index (χ0v) is 15.6. The molecule has 2 amide bonds. The molecule has 1 aliphatic rings. The minimum Gasteiger partial charge on any atom is -0.465 e. The molecule has 26 heavy (non-hydrogen) atoms. The molecule has 7 nitrogen and oxygen atoms in total. The van der Waals surface area contributed by atoms with Crippen LogP contribution in [0.5, 0.6) is 0 Å². The van der Waals surface area contributed by atoms with Crippen LogP contribution in [0.3, 0.4) is 0 Å². The van der Waals surface area contributed by atoms with Gasteiger partial charge >= 0.3 is 12.0 Å². The van der Waals surface area contributed by atoms with Gasteiger partial charge in [-0.05, 0) is 12.1 Å². The van der Waals surface area contributed by atoms with Crippen LogP contribution in [0, 0.1) is 11.2 Å². The summed E-state index contributed by atoms with van der Waals surface area (Å²) in [7, 11) is 1.10. The van der Waals surface area contributed by atoms with Crippen LogP contribution in [0.4, 0.5) is 14.9 Å². The third-order valence-corrected chi connectivity index (χ3v) is 5.00. The molecule has 1 unspecified atom stereocenters. The highest BCUT2D eigenvalue weighted by Gasteiger charge is 2.46. The molecule has 2 rings (SSSR count). The fourth-order valence-corrected chi connectivity index (χ4v) is 2.88. The summed E-state index contributed by atoms with van der Waals surface area (Å²) in [5, 5.41) is 15.4. The Bertz CT molecular complexity index is 705. The van der Waals surface area contributed by atoms with Gasteiger partial charge in [0.1, 0.15) is 5.56 Å². The molecule has 0 bridgehead atoms. The van der Waals surface area contributed by atoms with Crippen LogP contribution in [0.15, 0.2) is 12.1 Å². The summed E-state index contributed by atoms with van der Waals surface area (Å²) in [6.45, 7) is 4.40. The van der Waals surface area contributed by atoms with Crippen molar-refractivity contribution < 1.29 is 28.6 Å². The zero-order chi connectivity index (χ0) is 19.5. The number of hydrogen-bond acceptors (Lipinski definition) is 5. The Kier molecular flexibility index (Phi) is 6.10. The molecule has 1 aliphatic heterocycles. The molecule has 3 N–H and O–H groups in total. The summed E-state index contributed by atoms with van der Waals surface area (Å²) < 4.78 is 24.2. The standard InChI is InChI=1S/C17H22ClFN2O5/c1-16(2,17(24)6-7-26-9-17)8-20-15(23)21-11-5-4-10(18)12(13(11)19)14(22)25-3/h4-5,24H,6-9H2,1-3H3,(H2,20,21,23). The van der Waals surface area contributed by atoms with Crippen molar-refractivity contribution in [2.75, 3.05) is 32.2 Å². The van der Waals surface area contributed by atoms with E-state index in [2.05, 4.69) is 15.4 Å². The van der Waals surface area contributed by atoms with Gasteiger partial charge < -0.3 is 25.2 Å². The van der Waals surface area contributed by atoms with E-state index in [1.165, 1.54) is 12.1 Å². The van der Waals surface area contributed by atoms with Crippen molar-refractivity contribution in [3.05, 3.63) is 28.5 Å². The van der Waals surface area contributed by atoms with Gasteiger partial charge in [0, 0.05) is 25.0 Å². The second kappa shape index (κ2) is 7.77. The van der Waals surface area contributed by atoms with Gasteiger partial charge in [-0.25, -0.2) is 14.0 Å². The van der Waals surface area contributed by atoms with Crippen LogP contribution in [-0.2, 0) is 9.47 Å². The Morgan fingerprint density at radius 2 is 2.15 bits per heavy atom. The lowest BCUT2D eigenvalue weighted by Crippen LogP contribution is -2.52. The molecule has 1 saturated heterocycles. The minimum absolute atomic E-state index is 0.120. The predicted molar refractivity (Wildman–Crippen MR) is 93.9 cm³/mol. The van der Waals surface area contributed by atoms with Crippen LogP contribution in [-0.4, -0.2) is 49.6 Å². The molecule has 0 spiro atoms. The van der Waals surface area contributed by atoms with Crippen molar-refractivity contribution in [3.63, 3.8) is 0 Å². The van der Waals surface area contributed by atoms with E-state index in [0.29, 0.717) is 13.0 Å². The second-order valence-electron chi connectivity index (χ2n) is 6.80. The summed E-state index contributed by atoms with van der Waals surface area (Å²) in [6.07, 6.45) is 0.470. The number of anilines is 1. The zero-order valence-electron chi connectivity index (χ0n) is 14.8. The summed E-state index contributed by atoms with van der Waals surface area (Å²) in [5.41, 5.74) is -2.38. The number of aliphatic hydroxyl groups is 1. The number of carbonyl (C=O) groups is 2. The summed E-state index contributed by atoms with van der Waals surface area (Å²) in [5.74, 6) is -1.93. The fourth-order valence-electron chi connectivity index (χ4n) is 2.66. The maximum atomic E-state index is 14.4. The Labute approximate surface area is 155 Å². The maximum Gasteiger partial charge on any atom is 0.342 e. The number of esters is 1. The minimum atomic E-state index is -1.05. The first kappa shape index (κ1) is 20.4. The van der Waals surface area contributed by atoms with Crippen molar-refractivity contribution in [1.82, 2.24) is 5.32 Å². The normalized spacial score (nSPS) is 19.9. The fraction of sp³-hybridized carbons (Fsp3) is 0.529. The molecule has 1 aromatic rings. The molecule has 1 atom stereocenters. The lowest BCUT2D eigenvalue weighted by atomic mass is 9.74. The van der Waals surface area contributed by atoms with Gasteiger partial charge in [-0.2, -0.15) is 0 Å². The van der Waals surface area contributed by atoms with E-state index in [-0.39, 0.29) is 23.9 Å². The van der Waals surface area contributed by atoms with Crippen molar-refractivity contribution in [3.8, 4) is 0 Å². The molecule has 0 aliphatic carbocycles. The first-order valence-corrected chi connectivity index (χ1v) is 8.40. The Morgan fingerprint density at radius 3 is 2.73 bits per heavy atom. The monoisotopic (exact) mass is 388 g/mol. The molecule has 9 heteroatoms. The topological polar surface area (TPSA) is 96.9 Å². The van der Waals surface area contributed by atoms with Gasteiger partial charge in [0.05, 0.1) is 30.0 Å². The van der Waals surface area contributed by atoms with Crippen molar-refractivity contribution >= 4 is 29.3 Å². The Hall–Kier alpha value is -1.90. The van der Waals surface area contributed by atoms with E-state index < -0.39 is 34.4 Å². The molecule has 144 valence electrons. The molecular formula is C17H22ClFN2O5. The average molecular weight is 389 g/mol. The molecule has 1 aromatic carbocycles. The highest BCUT2D eigenvalue weighted by Crippen LogP contribution is 2.37. The summed E-state index contributed by atoms with van der Waals surface area (Å²) in [6, 6.07) is 1.85. The Morgan fingerprint density at radius 1 is 1.46 bits per heavy atom. The van der Waals surface area contributed by atoms with Gasteiger partial charge in [-0.15, -0.1) is 0 Å². The molecular weight excluding hydrogens is 367 g/mol. The number of hydrogen-bond donors (Lipinski definition) is 3. The lowest BCUT2D eigenvalue weighted by molar-refractivity contribution is -0.0670. The maximum absolute atomic E-state index is 14.4. The van der Waals surface area contributed by atoms with E-state index in [0.717, 1.165) is 7.11 Å². The predicted octanol–water partition coefficient (Wildman–Crippen LogP) is 2.56. The van der Waals surface area contributed by atoms with Crippen molar-refractivity contribution in [2.45, 2.75) is 25.9 Å². The molecule has 0 saturated carbocycles. The van der Waals surface area contributed by atoms with E-state index in [1.54, 1.807) is 13.8 Å². The quantitative estimate of drug-likeness (QED) is 0.673. The average Bonchev–Trinajstić information content (AvgIpc) is 3.04. The summed E-state index contributed by atoms with van der Waals surface area (Å²) >= 11 is 5.81. The third kappa shape index (κ3) is 4.08. The third-order valence-electron chi connectivity index (χ3n) is 4.68. The number of carbonyl (C=O) groups excluding carboxylic acids is 2. The molecule has 1 fully saturated rings. The van der Waals surface area contributed by atoms with Crippen molar-refractivity contribution in [1.29, 1.82) is 0 Å². The van der Waals surface area contributed by atoms with E-state index in [9.17, 15) is 19.1 Å². The van der Waals surface area contributed by atoms with E-state index in [4.69, 9.17) is 16.3 Å². The highest BCUT2D eigenvalue weighted by molar-refractivity contribution is 6.33. The van der Waals surface area contributed by atoms with Gasteiger partial charge in [0.15, 0.2) is 5.82 Å². The molecule has 0 aromatic heterocycles. The van der Waals surface area contributed by atoms with Crippen molar-refractivity contribution in [2.24, 2.45) is 5.41 Å². The van der Waals surface area contributed by atoms with Crippen LogP contribution in [0.1, 0.15) is 30.6 Å². The first-order valence-electron chi connectivity index (χ1n) is 8.02. The van der Waals surface area contributed by atoms with Gasteiger partial charge in [0.25, 0.3) is 0 Å². The summed E-state index contributed by atoms with van der Waals surface area (Å²) in [4.78, 5) is 23.7. The number of rotatable bonds is 5. The Balaban J connectivity index is 2.05. The number of halogens is 2. The van der Waals surface area contributed by atoms with Gasteiger partial charge in [-0.3, -0.25) is 0 Å². The van der Waals surface area contributed by atoms with Crippen LogP contribution in [0.25, 0.3) is 0 Å². The first-order chi connectivity index (χ1) is 12.1. The highest BCUT2D eigenvalue weighted by atomic mass is 35.5. The SMILES string of the molecule is COC(=O)c1c(Cl)ccc(NC(=O)NCC(C)(C)C2(O)CCOC2)c1F. The lowest BCUT2D eigenvalue weighted by Gasteiger charge is -2.38. The molecule has 0 radical (unpaired) electrons. The van der Waals surface area contributed by atoms with Crippen LogP contribution >= 0.6 is 11.6 Å². The van der Waals surface area contributed by atoms with Crippen LogP contribution in [0.2, 0.25) is 5.02 Å². The second-order valence-corrected chi connectivity index (χ2v) is 7.21. The number of urea groups is 1. The van der Waals surface area contributed by atoms with Gasteiger partial charge in [0.2, 0.25) is 0 Å². The van der Waals surface area contributed by atoms with Gasteiger partial charge in [-0.1, -0.05) is 25.4 Å². The van der Waals surface area contributed by atoms with E-state index >= 15 is 0 Å². The number of nitrogens with one attached hydrogen (secondary N) is 2. The number of methoxy groups -OCH3 is 1. The van der Waals surface area contributed by atoms with E-state index in [1.807, 2.05) is 0 Å². The number of ether oxygens (including phenoxy) is 2.